The van der Waals surface area contributed by atoms with Gasteiger partial charge in [-0.05, 0) is 23.8 Å². The molecule has 0 saturated carbocycles. The lowest BCUT2D eigenvalue weighted by Crippen LogP contribution is -2.47. The van der Waals surface area contributed by atoms with Crippen molar-refractivity contribution in [3.8, 4) is 0 Å². The van der Waals surface area contributed by atoms with Crippen molar-refractivity contribution in [2.75, 3.05) is 0 Å². The van der Waals surface area contributed by atoms with Crippen molar-refractivity contribution in [1.82, 2.24) is 5.43 Å². The van der Waals surface area contributed by atoms with E-state index in [1.54, 1.807) is 0 Å². The summed E-state index contributed by atoms with van der Waals surface area (Å²) in [5.74, 6) is 1.15. The van der Waals surface area contributed by atoms with Crippen LogP contribution in [0.25, 0.3) is 0 Å². The number of benzene rings is 1. The lowest BCUT2D eigenvalue weighted by Gasteiger charge is -2.31. The molecule has 0 aliphatic heterocycles. The second-order valence-corrected chi connectivity index (χ2v) is 4.71. The Hall–Kier alpha value is -0.700. The van der Waals surface area contributed by atoms with Crippen LogP contribution >= 0.6 is 23.2 Å². The first-order valence-electron chi connectivity index (χ1n) is 5.03. The molecule has 0 heterocycles. The highest BCUT2D eigenvalue weighted by Gasteiger charge is 2.60. The predicted molar refractivity (Wildman–Crippen MR) is 62.1 cm³/mol. The molecule has 10 heteroatoms. The summed E-state index contributed by atoms with van der Waals surface area (Å²) in [4.78, 5) is 0. The molecule has 0 bridgehead atoms. The highest BCUT2D eigenvalue weighted by atomic mass is 35.5. The molecule has 0 aliphatic carbocycles. The van der Waals surface area contributed by atoms with Crippen molar-refractivity contribution in [1.29, 1.82) is 0 Å². The Bertz CT molecular complexity index is 460. The van der Waals surface area contributed by atoms with Gasteiger partial charge in [0.2, 0.25) is 0 Å². The molecule has 0 aliphatic rings. The largest absolute Gasteiger partial charge is 0.402 e. The summed E-state index contributed by atoms with van der Waals surface area (Å²) in [6.07, 6.45) is -11.1. The van der Waals surface area contributed by atoms with Gasteiger partial charge in [-0.15, -0.1) is 0 Å². The molecular formula is C10H8Cl2F6N2. The Morgan fingerprint density at radius 2 is 1.50 bits per heavy atom. The summed E-state index contributed by atoms with van der Waals surface area (Å²) < 4.78 is 76.1. The third-order valence-electron chi connectivity index (χ3n) is 2.51. The summed E-state index contributed by atoms with van der Waals surface area (Å²) in [7, 11) is 0. The summed E-state index contributed by atoms with van der Waals surface area (Å²) in [5, 5.41) is -0.372. The van der Waals surface area contributed by atoms with Gasteiger partial charge in [-0.3, -0.25) is 11.3 Å². The molecule has 1 atom stereocenters. The van der Waals surface area contributed by atoms with E-state index in [-0.39, 0.29) is 10.0 Å². The standard InChI is InChI=1S/C10H8Cl2F6N2/c11-4-1-2-6(12)5(3-4)7(20-19)8(9(13,14)15)10(16,17)18/h1-3,7-8,20H,19H2. The molecule has 3 N–H and O–H groups in total. The minimum Gasteiger partial charge on any atom is -0.271 e. The van der Waals surface area contributed by atoms with Crippen LogP contribution < -0.4 is 11.3 Å². The predicted octanol–water partition coefficient (Wildman–Crippen LogP) is 4.24. The van der Waals surface area contributed by atoms with Crippen LogP contribution in [0.2, 0.25) is 10.0 Å². The minimum atomic E-state index is -5.55. The average molecular weight is 341 g/mol. The zero-order chi connectivity index (χ0) is 15.7. The molecule has 0 aromatic heterocycles. The molecule has 1 aromatic rings. The number of hydrogen-bond acceptors (Lipinski definition) is 2. The normalized spacial score (nSPS) is 14.7. The Kier molecular flexibility index (Phi) is 5.18. The van der Waals surface area contributed by atoms with Crippen LogP contribution in [-0.2, 0) is 0 Å². The van der Waals surface area contributed by atoms with Crippen molar-refractivity contribution in [2.24, 2.45) is 11.8 Å². The minimum absolute atomic E-state index is 0.0623. The van der Waals surface area contributed by atoms with Crippen LogP contribution in [0.1, 0.15) is 11.6 Å². The Morgan fingerprint density at radius 3 is 1.90 bits per heavy atom. The average Bonchev–Trinajstić information content (AvgIpc) is 2.25. The third kappa shape index (κ3) is 3.91. The number of alkyl halides is 6. The molecule has 1 unspecified atom stereocenters. The van der Waals surface area contributed by atoms with E-state index < -0.39 is 29.9 Å². The highest BCUT2D eigenvalue weighted by Crippen LogP contribution is 2.47. The third-order valence-corrected chi connectivity index (χ3v) is 3.09. The molecule has 0 amide bonds. The molecule has 1 aromatic carbocycles. The SMILES string of the molecule is NNC(c1cc(Cl)ccc1Cl)C(C(F)(F)F)C(F)(F)F. The summed E-state index contributed by atoms with van der Waals surface area (Å²) in [5.41, 5.74) is 1.03. The molecule has 114 valence electrons. The van der Waals surface area contributed by atoms with Crippen LogP contribution in [0.5, 0.6) is 0 Å². The second kappa shape index (κ2) is 5.97. The molecule has 2 nitrogen and oxygen atoms in total. The van der Waals surface area contributed by atoms with Gasteiger partial charge in [-0.1, -0.05) is 23.2 Å². The summed E-state index contributed by atoms with van der Waals surface area (Å²) >= 11 is 11.2. The van der Waals surface area contributed by atoms with Gasteiger partial charge in [0.15, 0.2) is 5.92 Å². The van der Waals surface area contributed by atoms with E-state index in [4.69, 9.17) is 29.0 Å². The van der Waals surface area contributed by atoms with Crippen molar-refractivity contribution in [2.45, 2.75) is 18.4 Å². The number of rotatable bonds is 3. The summed E-state index contributed by atoms with van der Waals surface area (Å²) in [6, 6.07) is 0.921. The number of halogens is 8. The molecule has 0 saturated heterocycles. The van der Waals surface area contributed by atoms with Crippen LogP contribution in [0.3, 0.4) is 0 Å². The van der Waals surface area contributed by atoms with Gasteiger partial charge in [0.05, 0.1) is 6.04 Å². The monoisotopic (exact) mass is 340 g/mol. The van der Waals surface area contributed by atoms with E-state index in [0.29, 0.717) is 0 Å². The van der Waals surface area contributed by atoms with Gasteiger partial charge in [0.25, 0.3) is 0 Å². The first kappa shape index (κ1) is 17.4. The number of nitrogens with one attached hydrogen (secondary N) is 1. The van der Waals surface area contributed by atoms with E-state index in [1.807, 2.05) is 0 Å². The zero-order valence-electron chi connectivity index (χ0n) is 9.49. The Balaban J connectivity index is 3.38. The van der Waals surface area contributed by atoms with Gasteiger partial charge >= 0.3 is 12.4 Å². The fraction of sp³-hybridized carbons (Fsp3) is 0.400. The van der Waals surface area contributed by atoms with Gasteiger partial charge in [0, 0.05) is 10.0 Å². The first-order valence-corrected chi connectivity index (χ1v) is 5.78. The maximum absolute atomic E-state index is 12.7. The van der Waals surface area contributed by atoms with E-state index in [0.717, 1.165) is 12.1 Å². The number of hydrogen-bond donors (Lipinski definition) is 2. The lowest BCUT2D eigenvalue weighted by atomic mass is 9.92. The van der Waals surface area contributed by atoms with Crippen molar-refractivity contribution < 1.29 is 26.3 Å². The molecule has 0 spiro atoms. The molecule has 0 radical (unpaired) electrons. The first-order chi connectivity index (χ1) is 8.98. The van der Waals surface area contributed by atoms with Crippen LogP contribution in [0.15, 0.2) is 18.2 Å². The Morgan fingerprint density at radius 1 is 1.00 bits per heavy atom. The van der Waals surface area contributed by atoms with Crippen LogP contribution in [-0.4, -0.2) is 12.4 Å². The maximum atomic E-state index is 12.7. The van der Waals surface area contributed by atoms with Gasteiger partial charge in [0.1, 0.15) is 0 Å². The van der Waals surface area contributed by atoms with Gasteiger partial charge < -0.3 is 0 Å². The van der Waals surface area contributed by atoms with Crippen molar-refractivity contribution in [3.05, 3.63) is 33.8 Å². The van der Waals surface area contributed by atoms with E-state index in [2.05, 4.69) is 0 Å². The summed E-state index contributed by atoms with van der Waals surface area (Å²) in [6.45, 7) is 0. The fourth-order valence-electron chi connectivity index (χ4n) is 1.68. The smallest absolute Gasteiger partial charge is 0.271 e. The highest BCUT2D eigenvalue weighted by molar-refractivity contribution is 6.33. The Labute approximate surface area is 119 Å². The quantitative estimate of drug-likeness (QED) is 0.490. The van der Waals surface area contributed by atoms with Crippen LogP contribution in [0.4, 0.5) is 26.3 Å². The van der Waals surface area contributed by atoms with E-state index >= 15 is 0 Å². The fourth-order valence-corrected chi connectivity index (χ4v) is 2.10. The zero-order valence-corrected chi connectivity index (χ0v) is 11.0. The van der Waals surface area contributed by atoms with Crippen LogP contribution in [0, 0.1) is 5.92 Å². The number of hydrazine groups is 1. The van der Waals surface area contributed by atoms with E-state index in [9.17, 15) is 26.3 Å². The number of nitrogens with two attached hydrogens (primary N) is 1. The topological polar surface area (TPSA) is 38.0 Å². The molecular weight excluding hydrogens is 333 g/mol. The molecule has 1 rings (SSSR count). The molecule has 20 heavy (non-hydrogen) atoms. The van der Waals surface area contributed by atoms with Gasteiger partial charge in [-0.25, -0.2) is 0 Å². The lowest BCUT2D eigenvalue weighted by molar-refractivity contribution is -0.292. The maximum Gasteiger partial charge on any atom is 0.402 e. The van der Waals surface area contributed by atoms with E-state index in [1.165, 1.54) is 11.5 Å². The molecule has 0 fully saturated rings. The van der Waals surface area contributed by atoms with Crippen molar-refractivity contribution in [3.63, 3.8) is 0 Å². The second-order valence-electron chi connectivity index (χ2n) is 3.87. The van der Waals surface area contributed by atoms with Gasteiger partial charge in [-0.2, -0.15) is 26.3 Å². The van der Waals surface area contributed by atoms with Crippen molar-refractivity contribution >= 4 is 23.2 Å².